The second-order valence-corrected chi connectivity index (χ2v) is 5.55. The van der Waals surface area contributed by atoms with Crippen molar-refractivity contribution in [1.29, 1.82) is 0 Å². The van der Waals surface area contributed by atoms with Gasteiger partial charge >= 0.3 is 0 Å². The number of rotatable bonds is 5. The Hall–Kier alpha value is -1.55. The largest absolute Gasteiger partial charge is 0.385 e. The van der Waals surface area contributed by atoms with Crippen molar-refractivity contribution in [2.24, 2.45) is 0 Å². The first-order valence-corrected chi connectivity index (χ1v) is 7.32. The highest BCUT2D eigenvalue weighted by molar-refractivity contribution is 5.94. The fourth-order valence-corrected chi connectivity index (χ4v) is 2.36. The van der Waals surface area contributed by atoms with Crippen LogP contribution in [0.25, 0.3) is 0 Å². The van der Waals surface area contributed by atoms with E-state index in [-0.39, 0.29) is 12.0 Å². The number of aryl methyl sites for hydroxylation is 1. The van der Waals surface area contributed by atoms with Gasteiger partial charge in [0.1, 0.15) is 0 Å². The molecule has 4 nitrogen and oxygen atoms in total. The zero-order chi connectivity index (χ0) is 14.5. The fourth-order valence-electron chi connectivity index (χ4n) is 2.36. The highest BCUT2D eigenvalue weighted by Gasteiger charge is 2.15. The predicted octanol–water partition coefficient (Wildman–Crippen LogP) is 2.54. The Morgan fingerprint density at radius 3 is 3.00 bits per heavy atom. The number of anilines is 1. The van der Waals surface area contributed by atoms with E-state index >= 15 is 0 Å². The van der Waals surface area contributed by atoms with Crippen molar-refractivity contribution < 1.29 is 9.53 Å². The van der Waals surface area contributed by atoms with E-state index < -0.39 is 0 Å². The van der Waals surface area contributed by atoms with Crippen LogP contribution < -0.4 is 5.32 Å². The average molecular weight is 276 g/mol. The maximum atomic E-state index is 12.4. The quantitative estimate of drug-likeness (QED) is 0.898. The van der Waals surface area contributed by atoms with E-state index in [9.17, 15) is 4.79 Å². The third-order valence-corrected chi connectivity index (χ3v) is 3.52. The highest BCUT2D eigenvalue weighted by Crippen LogP contribution is 2.23. The van der Waals surface area contributed by atoms with Crippen LogP contribution in [-0.2, 0) is 11.2 Å². The second-order valence-electron chi connectivity index (χ2n) is 5.55. The SMILES string of the molecule is CC(C)OCCN(C)C(=O)c1ccc2c(c1)CCCN2. The molecule has 0 spiro atoms. The van der Waals surface area contributed by atoms with Crippen molar-refractivity contribution in [3.05, 3.63) is 29.3 Å². The molecule has 2 rings (SSSR count). The van der Waals surface area contributed by atoms with Gasteiger partial charge in [-0.1, -0.05) is 0 Å². The maximum absolute atomic E-state index is 12.4. The summed E-state index contributed by atoms with van der Waals surface area (Å²) in [4.78, 5) is 14.1. The molecule has 1 aromatic rings. The van der Waals surface area contributed by atoms with Gasteiger partial charge in [-0.05, 0) is 50.5 Å². The zero-order valence-corrected chi connectivity index (χ0v) is 12.6. The van der Waals surface area contributed by atoms with Crippen LogP contribution in [0.3, 0.4) is 0 Å². The van der Waals surface area contributed by atoms with Crippen LogP contribution in [0.2, 0.25) is 0 Å². The molecular weight excluding hydrogens is 252 g/mol. The number of amides is 1. The molecule has 0 fully saturated rings. The summed E-state index contributed by atoms with van der Waals surface area (Å²) in [5.41, 5.74) is 3.17. The predicted molar refractivity (Wildman–Crippen MR) is 81.3 cm³/mol. The number of ether oxygens (including phenoxy) is 1. The van der Waals surface area contributed by atoms with Crippen molar-refractivity contribution in [2.75, 3.05) is 32.1 Å². The molecule has 0 aliphatic carbocycles. The topological polar surface area (TPSA) is 41.6 Å². The van der Waals surface area contributed by atoms with Gasteiger partial charge in [0.15, 0.2) is 0 Å². The highest BCUT2D eigenvalue weighted by atomic mass is 16.5. The molecule has 1 aliphatic rings. The van der Waals surface area contributed by atoms with E-state index in [1.54, 1.807) is 4.90 Å². The first-order chi connectivity index (χ1) is 9.58. The van der Waals surface area contributed by atoms with E-state index in [0.29, 0.717) is 13.2 Å². The molecular formula is C16H24N2O2. The number of nitrogens with zero attached hydrogens (tertiary/aromatic N) is 1. The number of carbonyl (C=O) groups is 1. The molecule has 110 valence electrons. The van der Waals surface area contributed by atoms with Gasteiger partial charge in [0, 0.05) is 31.4 Å². The van der Waals surface area contributed by atoms with Crippen LogP contribution in [0.15, 0.2) is 18.2 Å². The van der Waals surface area contributed by atoms with Gasteiger partial charge in [-0.25, -0.2) is 0 Å². The molecule has 1 N–H and O–H groups in total. The first kappa shape index (κ1) is 14.9. The molecule has 0 atom stereocenters. The lowest BCUT2D eigenvalue weighted by Crippen LogP contribution is -2.31. The lowest BCUT2D eigenvalue weighted by atomic mass is 10.0. The molecule has 0 saturated carbocycles. The molecule has 1 heterocycles. The molecule has 1 amide bonds. The Morgan fingerprint density at radius 2 is 2.25 bits per heavy atom. The van der Waals surface area contributed by atoms with Gasteiger partial charge in [0.25, 0.3) is 5.91 Å². The number of hydrogen-bond acceptors (Lipinski definition) is 3. The van der Waals surface area contributed by atoms with E-state index in [1.807, 2.05) is 39.1 Å². The Morgan fingerprint density at radius 1 is 1.45 bits per heavy atom. The summed E-state index contributed by atoms with van der Waals surface area (Å²) in [6.07, 6.45) is 2.38. The normalized spacial score (nSPS) is 13.8. The van der Waals surface area contributed by atoms with Crippen LogP contribution in [0, 0.1) is 0 Å². The minimum Gasteiger partial charge on any atom is -0.385 e. The zero-order valence-electron chi connectivity index (χ0n) is 12.6. The monoisotopic (exact) mass is 276 g/mol. The van der Waals surface area contributed by atoms with E-state index in [1.165, 1.54) is 11.3 Å². The summed E-state index contributed by atoms with van der Waals surface area (Å²) in [6.45, 7) is 6.21. The number of nitrogens with one attached hydrogen (secondary N) is 1. The summed E-state index contributed by atoms with van der Waals surface area (Å²) in [5, 5.41) is 3.36. The number of carbonyl (C=O) groups excluding carboxylic acids is 1. The minimum atomic E-state index is 0.0609. The molecule has 4 heteroatoms. The molecule has 20 heavy (non-hydrogen) atoms. The van der Waals surface area contributed by atoms with Crippen molar-refractivity contribution in [3.63, 3.8) is 0 Å². The van der Waals surface area contributed by atoms with Gasteiger partial charge in [-0.3, -0.25) is 4.79 Å². The van der Waals surface area contributed by atoms with Gasteiger partial charge in [0.2, 0.25) is 0 Å². The number of hydrogen-bond donors (Lipinski definition) is 1. The number of fused-ring (bicyclic) bond motifs is 1. The molecule has 0 bridgehead atoms. The first-order valence-electron chi connectivity index (χ1n) is 7.32. The smallest absolute Gasteiger partial charge is 0.253 e. The Labute approximate surface area is 121 Å². The molecule has 0 radical (unpaired) electrons. The molecule has 1 aromatic carbocycles. The Balaban J connectivity index is 1.98. The van der Waals surface area contributed by atoms with Crippen molar-refractivity contribution in [2.45, 2.75) is 32.8 Å². The van der Waals surface area contributed by atoms with Gasteiger partial charge < -0.3 is 15.0 Å². The summed E-state index contributed by atoms with van der Waals surface area (Å²) >= 11 is 0. The van der Waals surface area contributed by atoms with Gasteiger partial charge in [-0.2, -0.15) is 0 Å². The second kappa shape index (κ2) is 6.75. The van der Waals surface area contributed by atoms with Crippen molar-refractivity contribution in [3.8, 4) is 0 Å². The molecule has 0 aromatic heterocycles. The lowest BCUT2D eigenvalue weighted by Gasteiger charge is -2.21. The summed E-state index contributed by atoms with van der Waals surface area (Å²) < 4.78 is 5.49. The standard InChI is InChI=1S/C16H24N2O2/c1-12(2)20-10-9-18(3)16(19)14-6-7-15-13(11-14)5-4-8-17-15/h6-7,11-12,17H,4-5,8-10H2,1-3H3. The molecule has 0 unspecified atom stereocenters. The van der Waals surface area contributed by atoms with Gasteiger partial charge in [-0.15, -0.1) is 0 Å². The van der Waals surface area contributed by atoms with Crippen LogP contribution in [-0.4, -0.2) is 43.7 Å². The van der Waals surface area contributed by atoms with Crippen LogP contribution in [0.5, 0.6) is 0 Å². The fraction of sp³-hybridized carbons (Fsp3) is 0.562. The minimum absolute atomic E-state index is 0.0609. The summed E-state index contributed by atoms with van der Waals surface area (Å²) in [7, 11) is 1.82. The third kappa shape index (κ3) is 3.73. The lowest BCUT2D eigenvalue weighted by molar-refractivity contribution is 0.0532. The van der Waals surface area contributed by atoms with Crippen LogP contribution in [0.4, 0.5) is 5.69 Å². The Kier molecular flexibility index (Phi) is 5.01. The summed E-state index contributed by atoms with van der Waals surface area (Å²) in [6, 6.07) is 5.93. The van der Waals surface area contributed by atoms with Crippen molar-refractivity contribution >= 4 is 11.6 Å². The van der Waals surface area contributed by atoms with Crippen LogP contribution >= 0.6 is 0 Å². The molecule has 1 aliphatic heterocycles. The van der Waals surface area contributed by atoms with Gasteiger partial charge in [0.05, 0.1) is 12.7 Å². The van der Waals surface area contributed by atoms with E-state index in [4.69, 9.17) is 4.74 Å². The Bertz CT molecular complexity index is 472. The average Bonchev–Trinajstić information content (AvgIpc) is 2.45. The summed E-state index contributed by atoms with van der Waals surface area (Å²) in [5.74, 6) is 0.0609. The number of benzene rings is 1. The molecule has 0 saturated heterocycles. The third-order valence-electron chi connectivity index (χ3n) is 3.52. The van der Waals surface area contributed by atoms with Crippen LogP contribution in [0.1, 0.15) is 36.2 Å². The maximum Gasteiger partial charge on any atom is 0.253 e. The van der Waals surface area contributed by atoms with E-state index in [0.717, 1.165) is 24.9 Å². The van der Waals surface area contributed by atoms with Crippen molar-refractivity contribution in [1.82, 2.24) is 4.90 Å². The number of likely N-dealkylation sites (N-methyl/N-ethyl adjacent to an activating group) is 1. The van der Waals surface area contributed by atoms with E-state index in [2.05, 4.69) is 5.32 Å².